The van der Waals surface area contributed by atoms with Crippen LogP contribution in [0.5, 0.6) is 0 Å². The molecule has 0 radical (unpaired) electrons. The summed E-state index contributed by atoms with van der Waals surface area (Å²) in [6.45, 7) is 9.09. The van der Waals surface area contributed by atoms with Crippen LogP contribution in [0.4, 0.5) is 4.39 Å². The first-order valence-electron chi connectivity index (χ1n) is 7.02. The summed E-state index contributed by atoms with van der Waals surface area (Å²) in [4.78, 5) is 12.1. The maximum absolute atomic E-state index is 13.8. The number of hydrogen-bond acceptors (Lipinski definition) is 2. The molecule has 0 bridgehead atoms. The van der Waals surface area contributed by atoms with Crippen molar-refractivity contribution in [1.82, 2.24) is 5.32 Å². The van der Waals surface area contributed by atoms with E-state index in [1.54, 1.807) is 0 Å². The predicted octanol–water partition coefficient (Wildman–Crippen LogP) is 2.55. The lowest BCUT2D eigenvalue weighted by molar-refractivity contribution is 0.0933. The summed E-state index contributed by atoms with van der Waals surface area (Å²) < 4.78 is 13.8. The Labute approximate surface area is 126 Å². The second kappa shape index (κ2) is 7.24. The zero-order valence-electron chi connectivity index (χ0n) is 13.1. The van der Waals surface area contributed by atoms with E-state index >= 15 is 0 Å². The molecule has 1 rings (SSSR count). The Morgan fingerprint density at radius 1 is 1.43 bits per heavy atom. The monoisotopic (exact) mass is 290 g/mol. The van der Waals surface area contributed by atoms with Gasteiger partial charge in [0.05, 0.1) is 12.1 Å². The van der Waals surface area contributed by atoms with Crippen molar-refractivity contribution < 1.29 is 9.18 Å². The van der Waals surface area contributed by atoms with E-state index in [2.05, 4.69) is 44.9 Å². The topological polar surface area (TPSA) is 55.1 Å². The summed E-state index contributed by atoms with van der Waals surface area (Å²) in [7, 11) is 0. The third kappa shape index (κ3) is 5.20. The maximum Gasteiger partial charge on any atom is 0.254 e. The highest BCUT2D eigenvalue weighted by Crippen LogP contribution is 2.24. The molecule has 0 spiro atoms. The summed E-state index contributed by atoms with van der Waals surface area (Å²) >= 11 is 0. The second-order valence-corrected chi connectivity index (χ2v) is 6.18. The third-order valence-electron chi connectivity index (χ3n) is 3.59. The van der Waals surface area contributed by atoms with E-state index in [4.69, 9.17) is 5.73 Å². The standard InChI is InChI=1S/C17H23FN2O/c1-12(17(2,3)4)11-20-16(21)14-10-13(6-5-9-19)7-8-15(14)18/h7-8,10,12H,9,11,19H2,1-4H3,(H,20,21). The summed E-state index contributed by atoms with van der Waals surface area (Å²) in [5.74, 6) is 4.80. The van der Waals surface area contributed by atoms with Crippen LogP contribution in [-0.4, -0.2) is 19.0 Å². The minimum Gasteiger partial charge on any atom is -0.352 e. The molecule has 1 aromatic carbocycles. The Bertz CT molecular complexity index is 564. The Morgan fingerprint density at radius 3 is 2.67 bits per heavy atom. The summed E-state index contributed by atoms with van der Waals surface area (Å²) in [5, 5.41) is 2.78. The number of amides is 1. The van der Waals surface area contributed by atoms with Crippen LogP contribution in [0, 0.1) is 29.0 Å². The minimum absolute atomic E-state index is 0.0138. The molecule has 1 amide bonds. The molecule has 1 aromatic rings. The summed E-state index contributed by atoms with van der Waals surface area (Å²) in [6.07, 6.45) is 0. The highest BCUT2D eigenvalue weighted by molar-refractivity contribution is 5.94. The fraction of sp³-hybridized carbons (Fsp3) is 0.471. The first-order valence-corrected chi connectivity index (χ1v) is 7.02. The molecule has 3 N–H and O–H groups in total. The van der Waals surface area contributed by atoms with Crippen LogP contribution in [-0.2, 0) is 0 Å². The summed E-state index contributed by atoms with van der Waals surface area (Å²) in [5.41, 5.74) is 5.98. The first kappa shape index (κ1) is 17.2. The van der Waals surface area contributed by atoms with Crippen molar-refractivity contribution in [3.05, 3.63) is 35.1 Å². The van der Waals surface area contributed by atoms with Gasteiger partial charge in [-0.2, -0.15) is 0 Å². The van der Waals surface area contributed by atoms with Crippen molar-refractivity contribution >= 4 is 5.91 Å². The van der Waals surface area contributed by atoms with Gasteiger partial charge >= 0.3 is 0 Å². The Kier molecular flexibility index (Phi) is 5.92. The van der Waals surface area contributed by atoms with Crippen molar-refractivity contribution in [2.24, 2.45) is 17.1 Å². The van der Waals surface area contributed by atoms with Crippen molar-refractivity contribution in [2.75, 3.05) is 13.1 Å². The van der Waals surface area contributed by atoms with Gasteiger partial charge < -0.3 is 11.1 Å². The average Bonchev–Trinajstić information content (AvgIpc) is 2.42. The summed E-state index contributed by atoms with van der Waals surface area (Å²) in [6, 6.07) is 4.24. The van der Waals surface area contributed by atoms with Crippen LogP contribution >= 0.6 is 0 Å². The highest BCUT2D eigenvalue weighted by atomic mass is 19.1. The van der Waals surface area contributed by atoms with E-state index < -0.39 is 11.7 Å². The van der Waals surface area contributed by atoms with Crippen molar-refractivity contribution in [3.8, 4) is 11.8 Å². The van der Waals surface area contributed by atoms with Crippen molar-refractivity contribution in [1.29, 1.82) is 0 Å². The van der Waals surface area contributed by atoms with Crippen LogP contribution in [0.25, 0.3) is 0 Å². The normalized spacial score (nSPS) is 12.3. The molecule has 3 nitrogen and oxygen atoms in total. The molecule has 0 heterocycles. The number of nitrogens with two attached hydrogens (primary N) is 1. The fourth-order valence-corrected chi connectivity index (χ4v) is 1.58. The van der Waals surface area contributed by atoms with Gasteiger partial charge in [0.15, 0.2) is 0 Å². The van der Waals surface area contributed by atoms with Crippen LogP contribution < -0.4 is 11.1 Å². The van der Waals surface area contributed by atoms with Crippen LogP contribution in [0.15, 0.2) is 18.2 Å². The number of carbonyl (C=O) groups is 1. The maximum atomic E-state index is 13.8. The van der Waals surface area contributed by atoms with Gasteiger partial charge in [-0.1, -0.05) is 39.5 Å². The molecule has 0 aliphatic rings. The molecule has 21 heavy (non-hydrogen) atoms. The zero-order valence-corrected chi connectivity index (χ0v) is 13.1. The number of rotatable bonds is 3. The molecular weight excluding hydrogens is 267 g/mol. The first-order chi connectivity index (χ1) is 9.75. The van der Waals surface area contributed by atoms with E-state index in [1.165, 1.54) is 18.2 Å². The van der Waals surface area contributed by atoms with Gasteiger partial charge in [0.2, 0.25) is 0 Å². The van der Waals surface area contributed by atoms with Crippen molar-refractivity contribution in [3.63, 3.8) is 0 Å². The van der Waals surface area contributed by atoms with Crippen LogP contribution in [0.2, 0.25) is 0 Å². The predicted molar refractivity (Wildman–Crippen MR) is 83.3 cm³/mol. The zero-order chi connectivity index (χ0) is 16.0. The SMILES string of the molecule is CC(CNC(=O)c1cc(C#CCN)ccc1F)C(C)(C)C. The highest BCUT2D eigenvalue weighted by Gasteiger charge is 2.21. The number of hydrogen-bond donors (Lipinski definition) is 2. The molecule has 1 atom stereocenters. The molecule has 114 valence electrons. The molecule has 0 saturated carbocycles. The van der Waals surface area contributed by atoms with Crippen LogP contribution in [0.1, 0.15) is 43.6 Å². The van der Waals surface area contributed by atoms with Crippen LogP contribution in [0.3, 0.4) is 0 Å². The Balaban J connectivity index is 2.82. The largest absolute Gasteiger partial charge is 0.352 e. The fourth-order valence-electron chi connectivity index (χ4n) is 1.58. The van der Waals surface area contributed by atoms with E-state index in [0.29, 0.717) is 12.1 Å². The molecular formula is C17H23FN2O. The minimum atomic E-state index is -0.547. The number of nitrogens with one attached hydrogen (secondary N) is 1. The average molecular weight is 290 g/mol. The van der Waals surface area contributed by atoms with Gasteiger partial charge in [0.25, 0.3) is 5.91 Å². The van der Waals surface area contributed by atoms with Gasteiger partial charge in [-0.25, -0.2) is 4.39 Å². The smallest absolute Gasteiger partial charge is 0.254 e. The van der Waals surface area contributed by atoms with Gasteiger partial charge in [-0.15, -0.1) is 0 Å². The number of benzene rings is 1. The quantitative estimate of drug-likeness (QED) is 0.841. The van der Waals surface area contributed by atoms with E-state index in [9.17, 15) is 9.18 Å². The van der Waals surface area contributed by atoms with Gasteiger partial charge in [-0.3, -0.25) is 4.79 Å². The molecule has 4 heteroatoms. The molecule has 0 fully saturated rings. The Hall–Kier alpha value is -1.86. The van der Waals surface area contributed by atoms with Crippen molar-refractivity contribution in [2.45, 2.75) is 27.7 Å². The molecule has 0 aliphatic heterocycles. The third-order valence-corrected chi connectivity index (χ3v) is 3.59. The van der Waals surface area contributed by atoms with Gasteiger partial charge in [0, 0.05) is 12.1 Å². The lowest BCUT2D eigenvalue weighted by atomic mass is 9.82. The number of carbonyl (C=O) groups excluding carboxylic acids is 1. The van der Waals surface area contributed by atoms with E-state index in [1.807, 2.05) is 0 Å². The van der Waals surface area contributed by atoms with Gasteiger partial charge in [0.1, 0.15) is 5.82 Å². The molecule has 0 aliphatic carbocycles. The van der Waals surface area contributed by atoms with Gasteiger partial charge in [-0.05, 0) is 29.5 Å². The molecule has 0 saturated heterocycles. The Morgan fingerprint density at radius 2 is 2.10 bits per heavy atom. The second-order valence-electron chi connectivity index (χ2n) is 6.18. The van der Waals surface area contributed by atoms with E-state index in [0.717, 1.165) is 0 Å². The molecule has 1 unspecified atom stereocenters. The number of halogens is 1. The lowest BCUT2D eigenvalue weighted by Gasteiger charge is -2.27. The molecule has 0 aromatic heterocycles. The van der Waals surface area contributed by atoms with E-state index in [-0.39, 0.29) is 23.4 Å². The lowest BCUT2D eigenvalue weighted by Crippen LogP contribution is -2.34.